The van der Waals surface area contributed by atoms with E-state index in [-0.39, 0.29) is 18.4 Å². The van der Waals surface area contributed by atoms with Gasteiger partial charge in [0.1, 0.15) is 0 Å². The first kappa shape index (κ1) is 20.9. The number of amides is 3. The van der Waals surface area contributed by atoms with Crippen molar-refractivity contribution >= 4 is 34.9 Å². The summed E-state index contributed by atoms with van der Waals surface area (Å²) < 4.78 is 0. The van der Waals surface area contributed by atoms with Crippen molar-refractivity contribution in [1.82, 2.24) is 10.6 Å². The highest BCUT2D eigenvalue weighted by Crippen LogP contribution is 2.28. The summed E-state index contributed by atoms with van der Waals surface area (Å²) in [4.78, 5) is 25.5. The fourth-order valence-electron chi connectivity index (χ4n) is 3.22. The van der Waals surface area contributed by atoms with E-state index in [1.807, 2.05) is 60.8 Å². The van der Waals surface area contributed by atoms with Gasteiger partial charge in [0.25, 0.3) is 0 Å². The van der Waals surface area contributed by atoms with Crippen LogP contribution in [0.15, 0.2) is 66.0 Å². The molecular weight excluding hydrogens is 406 g/mol. The zero-order valence-electron chi connectivity index (χ0n) is 15.9. The number of hydrogen-bond acceptors (Lipinski definition) is 3. The summed E-state index contributed by atoms with van der Waals surface area (Å²) in [5.41, 5.74) is 8.12. The highest BCUT2D eigenvalue weighted by atomic mass is 35.5. The van der Waals surface area contributed by atoms with Crippen LogP contribution in [0.3, 0.4) is 0 Å². The fraction of sp³-hybridized carbons (Fsp3) is 0.182. The molecular formula is C22H22ClN3O2S. The minimum Gasteiger partial charge on any atom is -0.352 e. The number of urea groups is 1. The molecule has 1 heterocycles. The Morgan fingerprint density at radius 2 is 1.76 bits per heavy atom. The van der Waals surface area contributed by atoms with Gasteiger partial charge >= 0.3 is 6.03 Å². The van der Waals surface area contributed by atoms with Crippen molar-refractivity contribution in [3.63, 3.8) is 0 Å². The van der Waals surface area contributed by atoms with Crippen molar-refractivity contribution in [2.45, 2.75) is 25.4 Å². The van der Waals surface area contributed by atoms with Crippen molar-refractivity contribution in [3.05, 3.63) is 92.6 Å². The van der Waals surface area contributed by atoms with Gasteiger partial charge in [-0.3, -0.25) is 4.79 Å². The molecule has 3 amide bonds. The molecule has 0 aliphatic heterocycles. The molecule has 3 aromatic rings. The van der Waals surface area contributed by atoms with Gasteiger partial charge in [0.15, 0.2) is 0 Å². The largest absolute Gasteiger partial charge is 0.352 e. The number of primary amides is 1. The Hall–Kier alpha value is -2.83. The molecule has 4 N–H and O–H groups in total. The van der Waals surface area contributed by atoms with Gasteiger partial charge in [-0.15, -0.1) is 11.3 Å². The maximum absolute atomic E-state index is 12.9. The number of thiophene rings is 1. The molecule has 3 rings (SSSR count). The van der Waals surface area contributed by atoms with Crippen LogP contribution in [-0.2, 0) is 4.79 Å². The SMILES string of the molecule is Cc1ccccc1C(CC(=O)NC(c1ccc(Cl)cc1)c1cccs1)NC(N)=O. The summed E-state index contributed by atoms with van der Waals surface area (Å²) in [5.74, 6) is -0.194. The summed E-state index contributed by atoms with van der Waals surface area (Å²) in [5, 5.41) is 8.37. The summed E-state index contributed by atoms with van der Waals surface area (Å²) >= 11 is 7.57. The Bertz CT molecular complexity index is 974. The summed E-state index contributed by atoms with van der Waals surface area (Å²) in [7, 11) is 0. The zero-order valence-corrected chi connectivity index (χ0v) is 17.5. The lowest BCUT2D eigenvalue weighted by Crippen LogP contribution is -2.38. The van der Waals surface area contributed by atoms with Crippen LogP contribution in [0.5, 0.6) is 0 Å². The molecule has 7 heteroatoms. The van der Waals surface area contributed by atoms with E-state index in [4.69, 9.17) is 17.3 Å². The second kappa shape index (κ2) is 9.58. The number of nitrogens with two attached hydrogens (primary N) is 1. The van der Waals surface area contributed by atoms with E-state index < -0.39 is 12.1 Å². The van der Waals surface area contributed by atoms with E-state index in [0.29, 0.717) is 5.02 Å². The number of aryl methyl sites for hydroxylation is 1. The second-order valence-electron chi connectivity index (χ2n) is 6.69. The van der Waals surface area contributed by atoms with Crippen molar-refractivity contribution < 1.29 is 9.59 Å². The van der Waals surface area contributed by atoms with Gasteiger partial charge in [-0.05, 0) is 47.2 Å². The highest BCUT2D eigenvalue weighted by molar-refractivity contribution is 7.10. The fourth-order valence-corrected chi connectivity index (χ4v) is 4.15. The number of halogens is 1. The predicted molar refractivity (Wildman–Crippen MR) is 117 cm³/mol. The molecule has 0 saturated heterocycles. The van der Waals surface area contributed by atoms with E-state index in [9.17, 15) is 9.59 Å². The molecule has 2 atom stereocenters. The molecule has 2 unspecified atom stereocenters. The zero-order chi connectivity index (χ0) is 20.8. The third-order valence-electron chi connectivity index (χ3n) is 4.61. The van der Waals surface area contributed by atoms with Crippen LogP contribution in [-0.4, -0.2) is 11.9 Å². The van der Waals surface area contributed by atoms with Crippen LogP contribution in [0.4, 0.5) is 4.79 Å². The van der Waals surface area contributed by atoms with Crippen molar-refractivity contribution in [2.24, 2.45) is 5.73 Å². The minimum absolute atomic E-state index is 0.0727. The lowest BCUT2D eigenvalue weighted by Gasteiger charge is -2.22. The summed E-state index contributed by atoms with van der Waals surface area (Å²) in [6.45, 7) is 1.94. The maximum atomic E-state index is 12.9. The molecule has 0 aliphatic rings. The minimum atomic E-state index is -0.668. The number of carbonyl (C=O) groups excluding carboxylic acids is 2. The number of rotatable bonds is 7. The average Bonchev–Trinajstić information content (AvgIpc) is 3.21. The van der Waals surface area contributed by atoms with Gasteiger partial charge < -0.3 is 16.4 Å². The first-order valence-electron chi connectivity index (χ1n) is 9.13. The number of carbonyl (C=O) groups is 2. The topological polar surface area (TPSA) is 84.2 Å². The Labute approximate surface area is 178 Å². The normalized spacial score (nSPS) is 12.8. The molecule has 0 saturated carbocycles. The number of nitrogens with one attached hydrogen (secondary N) is 2. The Morgan fingerprint density at radius 3 is 2.38 bits per heavy atom. The molecule has 0 aliphatic carbocycles. The van der Waals surface area contributed by atoms with Crippen molar-refractivity contribution in [2.75, 3.05) is 0 Å². The van der Waals surface area contributed by atoms with Crippen LogP contribution >= 0.6 is 22.9 Å². The van der Waals surface area contributed by atoms with E-state index in [0.717, 1.165) is 21.6 Å². The monoisotopic (exact) mass is 427 g/mol. The molecule has 0 fully saturated rings. The molecule has 0 spiro atoms. The van der Waals surface area contributed by atoms with E-state index >= 15 is 0 Å². The van der Waals surface area contributed by atoms with Crippen LogP contribution in [0.2, 0.25) is 5.02 Å². The lowest BCUT2D eigenvalue weighted by molar-refractivity contribution is -0.122. The van der Waals surface area contributed by atoms with Crippen LogP contribution in [0.1, 0.15) is 40.1 Å². The molecule has 1 aromatic heterocycles. The average molecular weight is 428 g/mol. The van der Waals surface area contributed by atoms with Gasteiger partial charge in [-0.25, -0.2) is 4.79 Å². The van der Waals surface area contributed by atoms with Gasteiger partial charge in [-0.2, -0.15) is 0 Å². The predicted octanol–water partition coefficient (Wildman–Crippen LogP) is 4.72. The molecule has 2 aromatic carbocycles. The van der Waals surface area contributed by atoms with E-state index in [2.05, 4.69) is 10.6 Å². The molecule has 150 valence electrons. The van der Waals surface area contributed by atoms with Crippen molar-refractivity contribution in [1.29, 1.82) is 0 Å². The second-order valence-corrected chi connectivity index (χ2v) is 8.11. The molecule has 0 bridgehead atoms. The number of hydrogen-bond donors (Lipinski definition) is 3. The van der Waals surface area contributed by atoms with Crippen LogP contribution < -0.4 is 16.4 Å². The third-order valence-corrected chi connectivity index (χ3v) is 5.80. The van der Waals surface area contributed by atoms with E-state index in [1.165, 1.54) is 0 Å². The first-order valence-corrected chi connectivity index (χ1v) is 10.4. The standard InChI is InChI=1S/C22H22ClN3O2S/c1-14-5-2-3-6-17(14)18(25-22(24)28)13-20(27)26-21(19-7-4-12-29-19)15-8-10-16(23)11-9-15/h2-12,18,21H,13H2,1H3,(H,26,27)(H3,24,25,28). The Kier molecular flexibility index (Phi) is 6.90. The van der Waals surface area contributed by atoms with Crippen molar-refractivity contribution in [3.8, 4) is 0 Å². The maximum Gasteiger partial charge on any atom is 0.312 e. The first-order chi connectivity index (χ1) is 13.9. The highest BCUT2D eigenvalue weighted by Gasteiger charge is 2.23. The molecule has 5 nitrogen and oxygen atoms in total. The number of benzene rings is 2. The van der Waals surface area contributed by atoms with Crippen LogP contribution in [0, 0.1) is 6.92 Å². The van der Waals surface area contributed by atoms with Gasteiger partial charge in [0.05, 0.1) is 18.5 Å². The van der Waals surface area contributed by atoms with Crippen LogP contribution in [0.25, 0.3) is 0 Å². The summed E-state index contributed by atoms with van der Waals surface area (Å²) in [6, 6.07) is 17.4. The van der Waals surface area contributed by atoms with E-state index in [1.54, 1.807) is 23.5 Å². The molecule has 0 radical (unpaired) electrons. The smallest absolute Gasteiger partial charge is 0.312 e. The van der Waals surface area contributed by atoms with Gasteiger partial charge in [0, 0.05) is 9.90 Å². The summed E-state index contributed by atoms with van der Waals surface area (Å²) in [6.07, 6.45) is 0.0727. The Balaban J connectivity index is 1.82. The van der Waals surface area contributed by atoms with Gasteiger partial charge in [-0.1, -0.05) is 54.1 Å². The quantitative estimate of drug-likeness (QED) is 0.510. The lowest BCUT2D eigenvalue weighted by atomic mass is 9.98. The molecule has 29 heavy (non-hydrogen) atoms. The Morgan fingerprint density at radius 1 is 1.03 bits per heavy atom. The van der Waals surface area contributed by atoms with Gasteiger partial charge in [0.2, 0.25) is 5.91 Å². The third kappa shape index (κ3) is 5.59.